The smallest absolute Gasteiger partial charge is 0.326 e. The van der Waals surface area contributed by atoms with E-state index in [0.717, 1.165) is 13.8 Å². The second-order valence-electron chi connectivity index (χ2n) is 5.81. The van der Waals surface area contributed by atoms with Gasteiger partial charge in [-0.05, 0) is 0 Å². The van der Waals surface area contributed by atoms with Crippen LogP contribution in [0.25, 0.3) is 0 Å². The summed E-state index contributed by atoms with van der Waals surface area (Å²) in [6.07, 6.45) is -4.27. The summed E-state index contributed by atoms with van der Waals surface area (Å²) in [5.74, 6) is -2.37. The number of rotatable bonds is 5. The van der Waals surface area contributed by atoms with Gasteiger partial charge in [-0.15, -0.1) is 0 Å². The molecule has 2 rings (SSSR count). The third kappa shape index (κ3) is 4.69. The molecule has 0 aliphatic carbocycles. The van der Waals surface area contributed by atoms with Crippen molar-refractivity contribution in [2.24, 2.45) is 0 Å². The fraction of sp³-hybridized carbons (Fsp3) is 0.667. The average Bonchev–Trinajstić information content (AvgIpc) is 2.82. The lowest BCUT2D eigenvalue weighted by Gasteiger charge is -2.34. The van der Waals surface area contributed by atoms with Gasteiger partial charge in [-0.25, -0.2) is 4.79 Å². The van der Waals surface area contributed by atoms with Crippen molar-refractivity contribution in [1.29, 1.82) is 0 Å². The van der Waals surface area contributed by atoms with Gasteiger partial charge in [0.05, 0.1) is 0 Å². The van der Waals surface area contributed by atoms with E-state index in [9.17, 15) is 24.0 Å². The summed E-state index contributed by atoms with van der Waals surface area (Å²) >= 11 is 0. The van der Waals surface area contributed by atoms with E-state index in [2.05, 4.69) is 5.32 Å². The van der Waals surface area contributed by atoms with Crippen molar-refractivity contribution >= 4 is 29.8 Å². The quantitative estimate of drug-likeness (QED) is 0.479. The maximum absolute atomic E-state index is 12.1. The summed E-state index contributed by atoms with van der Waals surface area (Å²) in [5.41, 5.74) is 0. The van der Waals surface area contributed by atoms with Crippen LogP contribution in [0.1, 0.15) is 27.2 Å². The molecule has 0 aromatic heterocycles. The zero-order chi connectivity index (χ0) is 19.4. The molecule has 2 heterocycles. The minimum atomic E-state index is -1.14. The van der Waals surface area contributed by atoms with E-state index < -0.39 is 54.4 Å². The highest BCUT2D eigenvalue weighted by atomic mass is 16.7. The number of hydrogen-bond donors (Lipinski definition) is 1. The number of esters is 3. The van der Waals surface area contributed by atoms with Crippen molar-refractivity contribution in [2.75, 3.05) is 13.2 Å². The van der Waals surface area contributed by atoms with Gasteiger partial charge in [0.2, 0.25) is 5.91 Å². The number of carbonyl (C=O) groups is 5. The lowest BCUT2D eigenvalue weighted by Crippen LogP contribution is -2.57. The molecule has 11 heteroatoms. The SMILES string of the molecule is CC(=O)OC[C@H]1O[C@@H](N2CCC(=O)NC2=O)[C@H](OC(C)=O)[C@@H]1OC(C)=O. The first-order valence-electron chi connectivity index (χ1n) is 7.92. The van der Waals surface area contributed by atoms with Crippen LogP contribution in [0.3, 0.4) is 0 Å². The Labute approximate surface area is 148 Å². The fourth-order valence-electron chi connectivity index (χ4n) is 2.76. The molecule has 0 saturated carbocycles. The molecule has 4 atom stereocenters. The number of urea groups is 1. The molecule has 0 spiro atoms. The van der Waals surface area contributed by atoms with Gasteiger partial charge in [0.25, 0.3) is 0 Å². The highest BCUT2D eigenvalue weighted by molar-refractivity contribution is 5.96. The van der Waals surface area contributed by atoms with Gasteiger partial charge < -0.3 is 18.9 Å². The van der Waals surface area contributed by atoms with E-state index in [1.54, 1.807) is 0 Å². The second kappa shape index (κ2) is 8.13. The Morgan fingerprint density at radius 2 is 1.69 bits per heavy atom. The third-order valence-electron chi connectivity index (χ3n) is 3.73. The van der Waals surface area contributed by atoms with E-state index >= 15 is 0 Å². The van der Waals surface area contributed by atoms with Crippen LogP contribution in [0.2, 0.25) is 0 Å². The first-order valence-corrected chi connectivity index (χ1v) is 7.92. The predicted molar refractivity (Wildman–Crippen MR) is 81.3 cm³/mol. The Kier molecular flexibility index (Phi) is 6.14. The molecule has 3 amide bonds. The molecule has 0 aromatic rings. The lowest BCUT2D eigenvalue weighted by molar-refractivity contribution is -0.167. The van der Waals surface area contributed by atoms with Crippen molar-refractivity contribution in [3.8, 4) is 0 Å². The standard InChI is InChI=1S/C15H20N2O9/c1-7(18)23-6-10-12(24-8(2)19)13(25-9(3)20)14(26-10)17-5-4-11(21)16-15(17)22/h10,12-14H,4-6H2,1-3H3,(H,16,21,22)/t10-,12-,13-,14-/m1/s1. The summed E-state index contributed by atoms with van der Waals surface area (Å²) in [5, 5.41) is 2.14. The summed E-state index contributed by atoms with van der Waals surface area (Å²) < 4.78 is 21.0. The summed E-state index contributed by atoms with van der Waals surface area (Å²) in [6.45, 7) is 3.27. The largest absolute Gasteiger partial charge is 0.463 e. The Morgan fingerprint density at radius 3 is 2.23 bits per heavy atom. The van der Waals surface area contributed by atoms with Gasteiger partial charge in [0.1, 0.15) is 12.7 Å². The molecule has 26 heavy (non-hydrogen) atoms. The maximum atomic E-state index is 12.1. The van der Waals surface area contributed by atoms with Crippen molar-refractivity contribution in [3.63, 3.8) is 0 Å². The highest BCUT2D eigenvalue weighted by Crippen LogP contribution is 2.30. The second-order valence-corrected chi connectivity index (χ2v) is 5.81. The zero-order valence-corrected chi connectivity index (χ0v) is 14.6. The lowest BCUT2D eigenvalue weighted by atomic mass is 10.1. The Bertz CT molecular complexity index is 620. The van der Waals surface area contributed by atoms with E-state index in [1.165, 1.54) is 11.8 Å². The van der Waals surface area contributed by atoms with Gasteiger partial charge in [-0.1, -0.05) is 0 Å². The van der Waals surface area contributed by atoms with Crippen LogP contribution in [0.15, 0.2) is 0 Å². The van der Waals surface area contributed by atoms with Crippen molar-refractivity contribution < 1.29 is 42.9 Å². The predicted octanol–water partition coefficient (Wildman–Crippen LogP) is -0.920. The maximum Gasteiger partial charge on any atom is 0.326 e. The van der Waals surface area contributed by atoms with E-state index in [1.807, 2.05) is 0 Å². The van der Waals surface area contributed by atoms with Gasteiger partial charge in [-0.3, -0.25) is 29.4 Å². The molecule has 11 nitrogen and oxygen atoms in total. The number of nitrogens with one attached hydrogen (secondary N) is 1. The molecule has 2 saturated heterocycles. The van der Waals surface area contributed by atoms with Crippen LogP contribution in [0, 0.1) is 0 Å². The molecule has 0 unspecified atom stereocenters. The molecule has 2 aliphatic rings. The number of imide groups is 1. The molecule has 2 aliphatic heterocycles. The molecule has 0 bridgehead atoms. The monoisotopic (exact) mass is 372 g/mol. The Morgan fingerprint density at radius 1 is 1.08 bits per heavy atom. The number of nitrogens with zero attached hydrogens (tertiary/aromatic N) is 1. The van der Waals surface area contributed by atoms with Crippen LogP contribution in [0.5, 0.6) is 0 Å². The zero-order valence-electron chi connectivity index (χ0n) is 14.6. The van der Waals surface area contributed by atoms with E-state index in [-0.39, 0.29) is 19.6 Å². The van der Waals surface area contributed by atoms with E-state index in [4.69, 9.17) is 18.9 Å². The van der Waals surface area contributed by atoms with Gasteiger partial charge in [-0.2, -0.15) is 0 Å². The molecule has 144 valence electrons. The first-order chi connectivity index (χ1) is 12.2. The summed E-state index contributed by atoms with van der Waals surface area (Å²) in [6, 6.07) is -0.724. The van der Waals surface area contributed by atoms with Gasteiger partial charge in [0.15, 0.2) is 18.4 Å². The molecule has 2 fully saturated rings. The van der Waals surface area contributed by atoms with Crippen molar-refractivity contribution in [2.45, 2.75) is 51.7 Å². The molecular weight excluding hydrogens is 352 g/mol. The van der Waals surface area contributed by atoms with Crippen LogP contribution in [-0.2, 0) is 38.1 Å². The number of ether oxygens (including phenoxy) is 4. The van der Waals surface area contributed by atoms with Crippen LogP contribution in [0.4, 0.5) is 4.79 Å². The van der Waals surface area contributed by atoms with Gasteiger partial charge >= 0.3 is 23.9 Å². The molecule has 0 radical (unpaired) electrons. The van der Waals surface area contributed by atoms with Crippen LogP contribution in [-0.4, -0.2) is 72.4 Å². The van der Waals surface area contributed by atoms with Crippen molar-refractivity contribution in [3.05, 3.63) is 0 Å². The van der Waals surface area contributed by atoms with Crippen molar-refractivity contribution in [1.82, 2.24) is 10.2 Å². The van der Waals surface area contributed by atoms with E-state index in [0.29, 0.717) is 0 Å². The number of amides is 3. The Balaban J connectivity index is 2.27. The number of hydrogen-bond acceptors (Lipinski definition) is 9. The third-order valence-corrected chi connectivity index (χ3v) is 3.73. The fourth-order valence-corrected chi connectivity index (χ4v) is 2.76. The normalized spacial score (nSPS) is 28.3. The summed E-state index contributed by atoms with van der Waals surface area (Å²) in [7, 11) is 0. The highest BCUT2D eigenvalue weighted by Gasteiger charge is 2.53. The van der Waals surface area contributed by atoms with Crippen LogP contribution < -0.4 is 5.32 Å². The first kappa shape index (κ1) is 19.6. The topological polar surface area (TPSA) is 138 Å². The average molecular weight is 372 g/mol. The van der Waals surface area contributed by atoms with Gasteiger partial charge in [0, 0.05) is 33.7 Å². The Hall–Kier alpha value is -2.69. The number of carbonyl (C=O) groups excluding carboxylic acids is 5. The molecular formula is C15H20N2O9. The minimum absolute atomic E-state index is 0.0280. The summed E-state index contributed by atoms with van der Waals surface area (Å²) in [4.78, 5) is 58.6. The molecule has 1 N–H and O–H groups in total. The molecule has 0 aromatic carbocycles. The minimum Gasteiger partial charge on any atom is -0.463 e. The van der Waals surface area contributed by atoms with Crippen LogP contribution >= 0.6 is 0 Å².